The van der Waals surface area contributed by atoms with Crippen LogP contribution < -0.4 is 10.1 Å². The number of allylic oxidation sites excluding steroid dienone is 1. The summed E-state index contributed by atoms with van der Waals surface area (Å²) in [4.78, 5) is 31.2. The topological polar surface area (TPSA) is 104 Å². The maximum absolute atomic E-state index is 13.7. The Labute approximate surface area is 233 Å². The van der Waals surface area contributed by atoms with Gasteiger partial charge in [0, 0.05) is 11.5 Å². The molecule has 2 heterocycles. The SMILES string of the molecule is COc1ccc(/C=C2\CC(C(C)(C)C)Cc3c2nc2ccccc2c3C(=O)OCC(=O)Nc2cc(C)on2)cc1. The number of nitrogens with one attached hydrogen (secondary N) is 1. The van der Waals surface area contributed by atoms with Crippen molar-refractivity contribution in [3.8, 4) is 5.75 Å². The zero-order valence-electron chi connectivity index (χ0n) is 23.4. The molecule has 40 heavy (non-hydrogen) atoms. The molecule has 206 valence electrons. The fraction of sp³-hybridized carbons (Fsp3) is 0.312. The van der Waals surface area contributed by atoms with Gasteiger partial charge in [0.25, 0.3) is 5.91 Å². The Morgan fingerprint density at radius 2 is 1.85 bits per heavy atom. The van der Waals surface area contributed by atoms with Gasteiger partial charge in [-0.2, -0.15) is 0 Å². The molecular weight excluding hydrogens is 506 g/mol. The fourth-order valence-electron chi connectivity index (χ4n) is 5.08. The summed E-state index contributed by atoms with van der Waals surface area (Å²) in [6.45, 7) is 7.93. The quantitative estimate of drug-likeness (QED) is 0.280. The first-order valence-corrected chi connectivity index (χ1v) is 13.3. The second-order valence-electron chi connectivity index (χ2n) is 11.2. The van der Waals surface area contributed by atoms with Crippen LogP contribution >= 0.6 is 0 Å². The zero-order chi connectivity index (χ0) is 28.4. The fourth-order valence-corrected chi connectivity index (χ4v) is 5.08. The minimum Gasteiger partial charge on any atom is -0.497 e. The minimum absolute atomic E-state index is 0.0148. The maximum Gasteiger partial charge on any atom is 0.339 e. The highest BCUT2D eigenvalue weighted by atomic mass is 16.5. The highest BCUT2D eigenvalue weighted by molar-refractivity contribution is 6.07. The van der Waals surface area contributed by atoms with E-state index in [-0.39, 0.29) is 17.2 Å². The molecule has 8 heteroatoms. The molecular formula is C32H33N3O5. The first-order chi connectivity index (χ1) is 19.1. The minimum atomic E-state index is -0.556. The Kier molecular flexibility index (Phi) is 7.43. The third-order valence-electron chi connectivity index (χ3n) is 7.33. The number of para-hydroxylation sites is 1. The van der Waals surface area contributed by atoms with Crippen molar-refractivity contribution >= 4 is 40.2 Å². The van der Waals surface area contributed by atoms with Crippen molar-refractivity contribution in [1.29, 1.82) is 0 Å². The van der Waals surface area contributed by atoms with Gasteiger partial charge in [0.05, 0.1) is 23.9 Å². The highest BCUT2D eigenvalue weighted by Gasteiger charge is 2.35. The molecule has 0 radical (unpaired) electrons. The van der Waals surface area contributed by atoms with Crippen molar-refractivity contribution in [2.24, 2.45) is 11.3 Å². The van der Waals surface area contributed by atoms with Crippen LogP contribution in [0.2, 0.25) is 0 Å². The molecule has 1 aliphatic carbocycles. The predicted octanol–water partition coefficient (Wildman–Crippen LogP) is 6.48. The molecule has 1 unspecified atom stereocenters. The summed E-state index contributed by atoms with van der Waals surface area (Å²) in [5.74, 6) is 0.829. The second-order valence-corrected chi connectivity index (χ2v) is 11.2. The van der Waals surface area contributed by atoms with Crippen LogP contribution in [-0.2, 0) is 16.0 Å². The number of methoxy groups -OCH3 is 1. The molecule has 8 nitrogen and oxygen atoms in total. The van der Waals surface area contributed by atoms with Gasteiger partial charge in [-0.25, -0.2) is 9.78 Å². The number of aryl methyl sites for hydroxylation is 1. The number of carbonyl (C=O) groups is 2. The standard InChI is InChI=1S/C32H33N3O5/c1-19-14-27(35-40-19)34-28(36)18-39-31(37)29-24-8-6-7-9-26(24)33-30-21(15-20-10-12-23(38-5)13-11-20)16-22(17-25(29)30)32(2,3)4/h6-15,22H,16-18H2,1-5H3,(H,34,35,36)/b21-15+. The summed E-state index contributed by atoms with van der Waals surface area (Å²) >= 11 is 0. The number of hydrogen-bond donors (Lipinski definition) is 1. The number of anilines is 1. The molecule has 1 atom stereocenters. The molecule has 0 saturated carbocycles. The lowest BCUT2D eigenvalue weighted by Gasteiger charge is -2.36. The maximum atomic E-state index is 13.7. The van der Waals surface area contributed by atoms with Gasteiger partial charge in [-0.05, 0) is 72.1 Å². The molecule has 1 amide bonds. The smallest absolute Gasteiger partial charge is 0.339 e. The van der Waals surface area contributed by atoms with Gasteiger partial charge >= 0.3 is 5.97 Å². The lowest BCUT2D eigenvalue weighted by Crippen LogP contribution is -2.29. The molecule has 0 bridgehead atoms. The average molecular weight is 540 g/mol. The second kappa shape index (κ2) is 11.0. The average Bonchev–Trinajstić information content (AvgIpc) is 3.34. The van der Waals surface area contributed by atoms with Crippen molar-refractivity contribution in [2.45, 2.75) is 40.5 Å². The normalized spacial score (nSPS) is 16.0. The number of benzene rings is 2. The molecule has 0 aliphatic heterocycles. The van der Waals surface area contributed by atoms with Gasteiger partial charge < -0.3 is 19.3 Å². The number of fused-ring (bicyclic) bond motifs is 2. The number of aromatic nitrogens is 2. The van der Waals surface area contributed by atoms with Crippen LogP contribution in [0.25, 0.3) is 22.6 Å². The third kappa shape index (κ3) is 5.76. The van der Waals surface area contributed by atoms with Gasteiger partial charge in [-0.1, -0.05) is 56.3 Å². The van der Waals surface area contributed by atoms with E-state index < -0.39 is 18.5 Å². The lowest BCUT2D eigenvalue weighted by molar-refractivity contribution is -0.119. The van der Waals surface area contributed by atoms with E-state index in [0.29, 0.717) is 28.6 Å². The van der Waals surface area contributed by atoms with E-state index >= 15 is 0 Å². The van der Waals surface area contributed by atoms with Gasteiger partial charge in [-0.3, -0.25) is 4.79 Å². The van der Waals surface area contributed by atoms with E-state index in [9.17, 15) is 9.59 Å². The van der Waals surface area contributed by atoms with Crippen molar-refractivity contribution in [3.05, 3.63) is 82.7 Å². The van der Waals surface area contributed by atoms with Crippen LogP contribution in [0.1, 0.15) is 60.1 Å². The number of pyridine rings is 1. The molecule has 0 spiro atoms. The number of carbonyl (C=O) groups excluding carboxylic acids is 2. The van der Waals surface area contributed by atoms with Gasteiger partial charge in [0.2, 0.25) is 0 Å². The van der Waals surface area contributed by atoms with Crippen LogP contribution in [0.4, 0.5) is 5.82 Å². The Morgan fingerprint density at radius 1 is 1.10 bits per heavy atom. The van der Waals surface area contributed by atoms with Crippen molar-refractivity contribution < 1.29 is 23.6 Å². The van der Waals surface area contributed by atoms with Crippen LogP contribution in [0.5, 0.6) is 5.75 Å². The van der Waals surface area contributed by atoms with Gasteiger partial charge in [0.1, 0.15) is 11.5 Å². The van der Waals surface area contributed by atoms with Crippen molar-refractivity contribution in [3.63, 3.8) is 0 Å². The Hall–Kier alpha value is -4.46. The highest BCUT2D eigenvalue weighted by Crippen LogP contribution is 2.45. The first kappa shape index (κ1) is 27.1. The molecule has 1 N–H and O–H groups in total. The third-order valence-corrected chi connectivity index (χ3v) is 7.33. The summed E-state index contributed by atoms with van der Waals surface area (Å²) in [6.07, 6.45) is 3.63. The molecule has 1 aliphatic rings. The van der Waals surface area contributed by atoms with E-state index in [1.165, 1.54) is 0 Å². The summed E-state index contributed by atoms with van der Waals surface area (Å²) in [6, 6.07) is 17.0. The van der Waals surface area contributed by atoms with E-state index in [0.717, 1.165) is 34.6 Å². The zero-order valence-corrected chi connectivity index (χ0v) is 23.4. The summed E-state index contributed by atoms with van der Waals surface area (Å²) in [7, 11) is 1.65. The van der Waals surface area contributed by atoms with Crippen molar-refractivity contribution in [2.75, 3.05) is 19.0 Å². The van der Waals surface area contributed by atoms with E-state index in [4.69, 9.17) is 19.0 Å². The van der Waals surface area contributed by atoms with Crippen LogP contribution in [-0.4, -0.2) is 35.7 Å². The number of hydrogen-bond acceptors (Lipinski definition) is 7. The van der Waals surface area contributed by atoms with E-state index in [1.807, 2.05) is 48.5 Å². The van der Waals surface area contributed by atoms with Gasteiger partial charge in [0.15, 0.2) is 12.4 Å². The summed E-state index contributed by atoms with van der Waals surface area (Å²) in [5.41, 5.74) is 4.87. The van der Waals surface area contributed by atoms with Crippen LogP contribution in [0.3, 0.4) is 0 Å². The van der Waals surface area contributed by atoms with Crippen molar-refractivity contribution in [1.82, 2.24) is 10.1 Å². The number of nitrogens with zero attached hydrogens (tertiary/aromatic N) is 2. The molecule has 4 aromatic rings. The summed E-state index contributed by atoms with van der Waals surface area (Å²) in [5, 5.41) is 7.05. The molecule has 0 saturated heterocycles. The van der Waals surface area contributed by atoms with Crippen LogP contribution in [0.15, 0.2) is 59.1 Å². The number of amides is 1. The number of ether oxygens (including phenoxy) is 2. The lowest BCUT2D eigenvalue weighted by atomic mass is 9.69. The first-order valence-electron chi connectivity index (χ1n) is 13.3. The molecule has 2 aromatic heterocycles. The monoisotopic (exact) mass is 539 g/mol. The Bertz CT molecular complexity index is 1600. The largest absolute Gasteiger partial charge is 0.497 e. The Morgan fingerprint density at radius 3 is 2.52 bits per heavy atom. The van der Waals surface area contributed by atoms with E-state index in [2.05, 4.69) is 37.3 Å². The number of rotatable bonds is 6. The van der Waals surface area contributed by atoms with E-state index in [1.54, 1.807) is 20.1 Å². The number of esters is 1. The van der Waals surface area contributed by atoms with Crippen LogP contribution in [0, 0.1) is 18.3 Å². The predicted molar refractivity (Wildman–Crippen MR) is 154 cm³/mol. The summed E-state index contributed by atoms with van der Waals surface area (Å²) < 4.78 is 15.9. The Balaban J connectivity index is 1.55. The molecule has 5 rings (SSSR count). The molecule has 0 fully saturated rings. The molecule has 2 aromatic carbocycles. The van der Waals surface area contributed by atoms with Gasteiger partial charge in [-0.15, -0.1) is 0 Å².